The Bertz CT molecular complexity index is 1350. The standard InChI is InChI=1S/C10H12N2.2C9H11N3.C2H6/c1-7(2)8-3-4-9-6-11-12-10(9)5-8;1-6(2)8-11-5-7-3-4-10-9(7)12-8;1-6(2)8-4-3-7-5-10-12-9(7)11-8;1-2/h3-7H,1-2H3,(H,11,12);2*3-6H,1-2H3,(H,10,11,12);1-2H3. The maximum absolute atomic E-state index is 4.42. The van der Waals surface area contributed by atoms with Crippen molar-refractivity contribution in [2.75, 3.05) is 0 Å². The maximum Gasteiger partial charge on any atom is 0.155 e. The second-order valence-corrected chi connectivity index (χ2v) is 9.73. The zero-order valence-electron chi connectivity index (χ0n) is 23.7. The van der Waals surface area contributed by atoms with Gasteiger partial charge >= 0.3 is 0 Å². The summed E-state index contributed by atoms with van der Waals surface area (Å²) in [5.74, 6) is 2.33. The molecule has 0 saturated carbocycles. The van der Waals surface area contributed by atoms with Crippen molar-refractivity contribution in [3.8, 4) is 0 Å². The van der Waals surface area contributed by atoms with E-state index in [0.717, 1.165) is 39.1 Å². The lowest BCUT2D eigenvalue weighted by molar-refractivity contribution is 0.781. The van der Waals surface area contributed by atoms with E-state index in [2.05, 4.69) is 100 Å². The third kappa shape index (κ3) is 7.25. The average molecular weight is 513 g/mol. The number of aromatic nitrogens is 8. The monoisotopic (exact) mass is 512 g/mol. The van der Waals surface area contributed by atoms with E-state index in [1.54, 1.807) is 6.20 Å². The fourth-order valence-electron chi connectivity index (χ4n) is 3.61. The molecule has 1 aromatic carbocycles. The molecule has 6 aromatic rings. The lowest BCUT2D eigenvalue weighted by Gasteiger charge is -2.03. The van der Waals surface area contributed by atoms with Gasteiger partial charge in [0.2, 0.25) is 0 Å². The highest BCUT2D eigenvalue weighted by molar-refractivity contribution is 5.78. The van der Waals surface area contributed by atoms with Gasteiger partial charge in [-0.05, 0) is 41.7 Å². The van der Waals surface area contributed by atoms with Gasteiger partial charge < -0.3 is 4.98 Å². The molecule has 0 saturated heterocycles. The van der Waals surface area contributed by atoms with Crippen molar-refractivity contribution < 1.29 is 0 Å². The summed E-state index contributed by atoms with van der Waals surface area (Å²) in [6.45, 7) is 16.8. The van der Waals surface area contributed by atoms with Crippen LogP contribution in [0.3, 0.4) is 0 Å². The summed E-state index contributed by atoms with van der Waals surface area (Å²) in [4.78, 5) is 16.1. The number of nitrogens with zero attached hydrogens (tertiary/aromatic N) is 5. The van der Waals surface area contributed by atoms with E-state index >= 15 is 0 Å². The minimum absolute atomic E-state index is 0.387. The molecule has 38 heavy (non-hydrogen) atoms. The molecule has 0 fully saturated rings. The second-order valence-electron chi connectivity index (χ2n) is 9.73. The van der Waals surface area contributed by atoms with Crippen molar-refractivity contribution in [3.05, 3.63) is 78.3 Å². The Morgan fingerprint density at radius 1 is 0.632 bits per heavy atom. The summed E-state index contributed by atoms with van der Waals surface area (Å²) in [6.07, 6.45) is 7.36. The molecule has 0 amide bonds. The Balaban J connectivity index is 0.000000153. The molecule has 0 aliphatic carbocycles. The first-order valence-electron chi connectivity index (χ1n) is 13.3. The van der Waals surface area contributed by atoms with Crippen LogP contribution in [0, 0.1) is 0 Å². The van der Waals surface area contributed by atoms with Gasteiger partial charge in [0, 0.05) is 40.2 Å². The third-order valence-corrected chi connectivity index (χ3v) is 5.88. The number of nitrogens with one attached hydrogen (secondary N) is 3. The number of H-pyrrole nitrogens is 3. The fraction of sp³-hybridized carbons (Fsp3) is 0.367. The molecule has 0 unspecified atom stereocenters. The highest BCUT2D eigenvalue weighted by atomic mass is 15.1. The van der Waals surface area contributed by atoms with Crippen LogP contribution >= 0.6 is 0 Å². The molecule has 8 heteroatoms. The SMILES string of the molecule is CC.CC(C)c1ccc2cn[nH]c2c1.CC(C)c1ccc2cn[nH]c2n1.CC(C)c1ncc2cc[nH]c2n1. The Morgan fingerprint density at radius 3 is 2.03 bits per heavy atom. The predicted octanol–water partition coefficient (Wildman–Crippen LogP) is 7.88. The van der Waals surface area contributed by atoms with Crippen LogP contribution in [0.2, 0.25) is 0 Å². The van der Waals surface area contributed by atoms with E-state index in [4.69, 9.17) is 0 Å². The molecular formula is C30H40N8. The first-order valence-corrected chi connectivity index (χ1v) is 13.3. The number of hydrogen-bond donors (Lipinski definition) is 3. The highest BCUT2D eigenvalue weighted by Gasteiger charge is 2.04. The van der Waals surface area contributed by atoms with E-state index in [9.17, 15) is 0 Å². The van der Waals surface area contributed by atoms with Gasteiger partial charge in [0.1, 0.15) is 11.5 Å². The first-order chi connectivity index (χ1) is 18.3. The van der Waals surface area contributed by atoms with Gasteiger partial charge in [-0.15, -0.1) is 0 Å². The lowest BCUT2D eigenvalue weighted by atomic mass is 10.0. The number of fused-ring (bicyclic) bond motifs is 3. The summed E-state index contributed by atoms with van der Waals surface area (Å²) in [5.41, 5.74) is 5.38. The van der Waals surface area contributed by atoms with Crippen molar-refractivity contribution in [2.24, 2.45) is 0 Å². The maximum atomic E-state index is 4.42. The molecule has 0 spiro atoms. The molecule has 0 atom stereocenters. The number of hydrogen-bond acceptors (Lipinski definition) is 5. The van der Waals surface area contributed by atoms with Gasteiger partial charge in [-0.25, -0.2) is 15.0 Å². The van der Waals surface area contributed by atoms with Crippen LogP contribution < -0.4 is 0 Å². The number of rotatable bonds is 3. The molecule has 0 radical (unpaired) electrons. The smallest absolute Gasteiger partial charge is 0.155 e. The molecule has 0 aliphatic rings. The third-order valence-electron chi connectivity index (χ3n) is 5.88. The van der Waals surface area contributed by atoms with E-state index in [-0.39, 0.29) is 0 Å². The lowest BCUT2D eigenvalue weighted by Crippen LogP contribution is -1.96. The van der Waals surface area contributed by atoms with Gasteiger partial charge in [0.05, 0.1) is 17.9 Å². The highest BCUT2D eigenvalue weighted by Crippen LogP contribution is 2.19. The van der Waals surface area contributed by atoms with Gasteiger partial charge in [-0.3, -0.25) is 10.2 Å². The summed E-state index contributed by atoms with van der Waals surface area (Å²) in [7, 11) is 0. The van der Waals surface area contributed by atoms with Crippen LogP contribution in [-0.2, 0) is 0 Å². The van der Waals surface area contributed by atoms with Crippen molar-refractivity contribution in [2.45, 2.75) is 73.1 Å². The van der Waals surface area contributed by atoms with Crippen molar-refractivity contribution in [1.82, 2.24) is 40.3 Å². The van der Waals surface area contributed by atoms with Crippen molar-refractivity contribution >= 4 is 33.0 Å². The van der Waals surface area contributed by atoms with Crippen LogP contribution in [-0.4, -0.2) is 40.3 Å². The number of pyridine rings is 1. The van der Waals surface area contributed by atoms with E-state index in [1.807, 2.05) is 50.6 Å². The van der Waals surface area contributed by atoms with Gasteiger partial charge in [-0.2, -0.15) is 10.2 Å². The van der Waals surface area contributed by atoms with Crippen molar-refractivity contribution in [3.63, 3.8) is 0 Å². The molecule has 0 aliphatic heterocycles. The Hall–Kier alpha value is -4.07. The molecule has 6 rings (SSSR count). The predicted molar refractivity (Wildman–Crippen MR) is 157 cm³/mol. The van der Waals surface area contributed by atoms with Crippen LogP contribution in [0.25, 0.3) is 33.0 Å². The zero-order chi connectivity index (χ0) is 27.7. The van der Waals surface area contributed by atoms with E-state index in [1.165, 1.54) is 10.9 Å². The van der Waals surface area contributed by atoms with E-state index < -0.39 is 0 Å². The summed E-state index contributed by atoms with van der Waals surface area (Å²) >= 11 is 0. The van der Waals surface area contributed by atoms with Crippen LogP contribution in [0.4, 0.5) is 0 Å². The normalized spacial score (nSPS) is 10.8. The van der Waals surface area contributed by atoms with E-state index in [0.29, 0.717) is 17.8 Å². The summed E-state index contributed by atoms with van der Waals surface area (Å²) in [5, 5.41) is 17.0. The Morgan fingerprint density at radius 2 is 1.32 bits per heavy atom. The minimum Gasteiger partial charge on any atom is -0.346 e. The summed E-state index contributed by atoms with van der Waals surface area (Å²) < 4.78 is 0. The fourth-order valence-corrected chi connectivity index (χ4v) is 3.61. The molecule has 5 aromatic heterocycles. The first kappa shape index (κ1) is 28.5. The minimum atomic E-state index is 0.387. The molecule has 5 heterocycles. The van der Waals surface area contributed by atoms with Crippen LogP contribution in [0.5, 0.6) is 0 Å². The summed E-state index contributed by atoms with van der Waals surface area (Å²) in [6, 6.07) is 12.5. The quantitative estimate of drug-likeness (QED) is 0.223. The molecule has 0 bridgehead atoms. The molecule has 200 valence electrons. The van der Waals surface area contributed by atoms with Gasteiger partial charge in [-0.1, -0.05) is 67.5 Å². The zero-order valence-corrected chi connectivity index (χ0v) is 23.7. The van der Waals surface area contributed by atoms with Gasteiger partial charge in [0.25, 0.3) is 0 Å². The van der Waals surface area contributed by atoms with Crippen LogP contribution in [0.1, 0.15) is 90.2 Å². The molecular weight excluding hydrogens is 472 g/mol. The number of aromatic amines is 3. The topological polar surface area (TPSA) is 112 Å². The average Bonchev–Trinajstić information content (AvgIpc) is 3.69. The Labute approximate surface area is 224 Å². The second kappa shape index (κ2) is 13.5. The number of benzene rings is 1. The largest absolute Gasteiger partial charge is 0.346 e. The van der Waals surface area contributed by atoms with Crippen LogP contribution in [0.15, 0.2) is 61.2 Å². The van der Waals surface area contributed by atoms with Crippen molar-refractivity contribution in [1.29, 1.82) is 0 Å². The molecule has 3 N–H and O–H groups in total. The Kier molecular flexibility index (Phi) is 10.1. The molecule has 8 nitrogen and oxygen atoms in total. The van der Waals surface area contributed by atoms with Gasteiger partial charge in [0.15, 0.2) is 5.65 Å².